The van der Waals surface area contributed by atoms with Gasteiger partial charge in [-0.1, -0.05) is 24.3 Å². The van der Waals surface area contributed by atoms with Crippen LogP contribution in [0, 0.1) is 20.0 Å². The number of ketones is 1. The van der Waals surface area contributed by atoms with Gasteiger partial charge in [0.1, 0.15) is 0 Å². The molecule has 6 nitrogen and oxygen atoms in total. The molecule has 0 N–H and O–H groups in total. The number of nitrogens with zero attached hydrogens (tertiary/aromatic N) is 2. The Hall–Kier alpha value is -1.73. The number of Topliss-reactive ketones (excluding diaryl/α,β-unsaturated/α-hetero) is 1. The molecule has 0 aromatic rings. The van der Waals surface area contributed by atoms with Crippen molar-refractivity contribution in [3.05, 3.63) is 49.8 Å². The van der Waals surface area contributed by atoms with E-state index >= 15 is 0 Å². The summed E-state index contributed by atoms with van der Waals surface area (Å²) in [6.45, 7) is 19.2. The maximum atomic E-state index is 10.8. The number of allylic oxidation sites excluding steroid dienone is 3. The quantitative estimate of drug-likeness (QED) is 0.102. The van der Waals surface area contributed by atoms with E-state index < -0.39 is 0 Å². The molecule has 0 aromatic carbocycles. The van der Waals surface area contributed by atoms with Gasteiger partial charge in [-0.2, -0.15) is 4.79 Å². The van der Waals surface area contributed by atoms with Gasteiger partial charge in [-0.3, -0.25) is 4.79 Å². The first-order valence-corrected chi connectivity index (χ1v) is 5.30. The molecule has 0 atom stereocenters. The number of unbranched alkanes of at least 4 members (excludes halogenated alkanes) is 2. The first-order chi connectivity index (χ1) is 9.66. The van der Waals surface area contributed by atoms with Crippen LogP contribution in [0.1, 0.15) is 32.6 Å². The van der Waals surface area contributed by atoms with E-state index in [0.29, 0.717) is 6.42 Å². The van der Waals surface area contributed by atoms with Crippen LogP contribution in [0.4, 0.5) is 0 Å². The van der Waals surface area contributed by atoms with Crippen molar-refractivity contribution in [2.45, 2.75) is 32.6 Å². The third-order valence-electron chi connectivity index (χ3n) is 1.65. The monoisotopic (exact) mass is 332 g/mol. The predicted octanol–water partition coefficient (Wildman–Crippen LogP) is 2.43. The fraction of sp³-hybridized carbons (Fsp3) is 0.357. The molecular formula is C14H16FeN2O4. The Labute approximate surface area is 135 Å². The van der Waals surface area contributed by atoms with Gasteiger partial charge in [-0.05, 0) is 26.2 Å². The summed E-state index contributed by atoms with van der Waals surface area (Å²) < 4.78 is 22.5. The number of rotatable bonds is 7. The number of carbonyl (C=O) groups is 1. The normalized spacial score (nSPS) is 6.81. The summed E-state index contributed by atoms with van der Waals surface area (Å²) in [6, 6.07) is 0. The minimum Gasteiger partial charge on any atom is 0 e. The third kappa shape index (κ3) is 45.9. The van der Waals surface area contributed by atoms with Crippen LogP contribution in [-0.2, 0) is 35.8 Å². The minimum absolute atomic E-state index is 0. The van der Waals surface area contributed by atoms with Gasteiger partial charge < -0.3 is 5.53 Å². The molecule has 0 radical (unpaired) electrons. The van der Waals surface area contributed by atoms with Crippen LogP contribution in [0.2, 0.25) is 0 Å². The van der Waals surface area contributed by atoms with Gasteiger partial charge in [0, 0.05) is 23.5 Å². The molecule has 0 saturated carbocycles. The minimum atomic E-state index is -0.128. The Kier molecular flexibility index (Phi) is 54.4. The van der Waals surface area contributed by atoms with Crippen molar-refractivity contribution in [3.63, 3.8) is 0 Å². The summed E-state index contributed by atoms with van der Waals surface area (Å²) in [5.41, 5.74) is 9.10. The second-order valence-electron chi connectivity index (χ2n) is 3.21. The molecule has 21 heavy (non-hydrogen) atoms. The van der Waals surface area contributed by atoms with Crippen LogP contribution >= 0.6 is 0 Å². The summed E-state index contributed by atoms with van der Waals surface area (Å²) in [6.07, 6.45) is 8.16. The zero-order valence-corrected chi connectivity index (χ0v) is 12.8. The molecule has 0 spiro atoms. The standard InChI is InChI=1S/C11H16N2O.3CO.Fe/c1-10(2)7-5-3-4-6-8-11(14)9-13-12;3*1-2;/h5,7,9H,1,3-4,6,8H2,2H3;;;;/b7-5+;;;;. The van der Waals surface area contributed by atoms with Crippen molar-refractivity contribution < 1.29 is 40.6 Å². The smallest absolute Gasteiger partial charge is 0 e. The largest absolute Gasteiger partial charge is 0 e. The van der Waals surface area contributed by atoms with E-state index in [2.05, 4.69) is 31.3 Å². The topological polar surface area (TPSA) is 113 Å². The summed E-state index contributed by atoms with van der Waals surface area (Å²) in [5, 5.41) is 0. The average Bonchev–Trinajstić information content (AvgIpc) is 2.49. The van der Waals surface area contributed by atoms with E-state index in [1.54, 1.807) is 0 Å². The Morgan fingerprint density at radius 3 is 2.05 bits per heavy atom. The van der Waals surface area contributed by atoms with Crippen LogP contribution < -0.4 is 0 Å². The van der Waals surface area contributed by atoms with E-state index in [1.165, 1.54) is 0 Å². The van der Waals surface area contributed by atoms with Crippen molar-refractivity contribution in [1.82, 2.24) is 0 Å². The second-order valence-corrected chi connectivity index (χ2v) is 3.21. The molecule has 0 aliphatic carbocycles. The van der Waals surface area contributed by atoms with Gasteiger partial charge in [-0.25, -0.2) is 0 Å². The average molecular weight is 332 g/mol. The van der Waals surface area contributed by atoms with Crippen LogP contribution in [0.5, 0.6) is 0 Å². The molecule has 0 amide bonds. The zero-order chi connectivity index (χ0) is 16.8. The summed E-state index contributed by atoms with van der Waals surface area (Å²) in [7, 11) is 0. The summed E-state index contributed by atoms with van der Waals surface area (Å²) in [5.74, 6) is -0.128. The molecule has 0 unspecified atom stereocenters. The van der Waals surface area contributed by atoms with Gasteiger partial charge in [0.05, 0.1) is 0 Å². The number of hydrogen-bond acceptors (Lipinski definition) is 1. The van der Waals surface area contributed by atoms with Crippen molar-refractivity contribution in [2.24, 2.45) is 0 Å². The maximum absolute atomic E-state index is 10.8. The van der Waals surface area contributed by atoms with Gasteiger partial charge in [0.2, 0.25) is 5.78 Å². The Morgan fingerprint density at radius 2 is 1.67 bits per heavy atom. The molecule has 7 heteroatoms. The van der Waals surface area contributed by atoms with E-state index in [9.17, 15) is 4.79 Å². The fourth-order valence-corrected chi connectivity index (χ4v) is 0.975. The summed E-state index contributed by atoms with van der Waals surface area (Å²) >= 11 is 0. The fourth-order valence-electron chi connectivity index (χ4n) is 0.975. The molecule has 0 aliphatic rings. The van der Waals surface area contributed by atoms with Crippen LogP contribution in [0.3, 0.4) is 0 Å². The van der Waals surface area contributed by atoms with Gasteiger partial charge in [0.25, 0.3) is 0 Å². The van der Waals surface area contributed by atoms with Crippen LogP contribution in [0.15, 0.2) is 24.3 Å². The Balaban J connectivity index is -0.000000107. The third-order valence-corrected chi connectivity index (χ3v) is 1.65. The second kappa shape index (κ2) is 36.2. The van der Waals surface area contributed by atoms with Gasteiger partial charge >= 0.3 is 40.1 Å². The molecule has 0 heterocycles. The van der Waals surface area contributed by atoms with Crippen LogP contribution in [0.25, 0.3) is 5.53 Å². The predicted molar refractivity (Wildman–Crippen MR) is 68.9 cm³/mol. The molecule has 0 saturated heterocycles. The molecule has 0 aliphatic heterocycles. The van der Waals surface area contributed by atoms with E-state index in [0.717, 1.165) is 31.1 Å². The van der Waals surface area contributed by atoms with Crippen molar-refractivity contribution in [2.75, 3.05) is 0 Å². The first kappa shape index (κ1) is 31.6. The Bertz CT molecular complexity index is 377. The molecular weight excluding hydrogens is 316 g/mol. The van der Waals surface area contributed by atoms with E-state index in [1.807, 2.05) is 19.1 Å². The number of carbonyl (C=O) groups excluding carboxylic acids is 1. The Morgan fingerprint density at radius 1 is 1.19 bits per heavy atom. The van der Waals surface area contributed by atoms with E-state index in [4.69, 9.17) is 19.5 Å². The molecule has 0 aromatic heterocycles. The summed E-state index contributed by atoms with van der Waals surface area (Å²) in [4.78, 5) is 13.5. The first-order valence-electron chi connectivity index (χ1n) is 5.30. The number of hydrogen-bond donors (Lipinski definition) is 0. The van der Waals surface area contributed by atoms with Gasteiger partial charge in [-0.15, -0.1) is 0 Å². The van der Waals surface area contributed by atoms with Crippen LogP contribution in [-0.4, -0.2) is 16.8 Å². The SMILES string of the molecule is C=C(C)/C=C/CCCCC(=O)C=[N+]=[N-].[C-]#[O+].[C-]#[O+].[C-]#[O+].[Fe]. The molecule has 0 rings (SSSR count). The van der Waals surface area contributed by atoms with Crippen molar-refractivity contribution >= 4 is 12.0 Å². The zero-order valence-electron chi connectivity index (χ0n) is 11.6. The molecule has 0 fully saturated rings. The van der Waals surface area contributed by atoms with Crippen molar-refractivity contribution in [3.8, 4) is 0 Å². The van der Waals surface area contributed by atoms with Gasteiger partial charge in [0.15, 0.2) is 0 Å². The van der Waals surface area contributed by atoms with Crippen molar-refractivity contribution in [1.29, 1.82) is 0 Å². The molecule has 114 valence electrons. The maximum Gasteiger partial charge on any atom is 0 e. The molecule has 0 bridgehead atoms. The van der Waals surface area contributed by atoms with E-state index in [-0.39, 0.29) is 22.9 Å².